The number of hydrogen-bond donors (Lipinski definition) is 1. The van der Waals surface area contributed by atoms with Crippen LogP contribution in [0.5, 0.6) is 0 Å². The molecule has 2 aliphatic carbocycles. The molecule has 2 heterocycles. The van der Waals surface area contributed by atoms with Crippen LogP contribution in [-0.2, 0) is 61.9 Å². The monoisotopic (exact) mass is 585 g/mol. The molecule has 4 rings (SSSR count). The van der Waals surface area contributed by atoms with Crippen molar-refractivity contribution in [2.75, 3.05) is 6.61 Å². The molecule has 14 nitrogen and oxygen atoms in total. The molecule has 0 aromatic rings. The van der Waals surface area contributed by atoms with Crippen molar-refractivity contribution in [2.24, 2.45) is 0 Å². The predicted molar refractivity (Wildman–Crippen MR) is 135 cm³/mol. The van der Waals surface area contributed by atoms with Crippen molar-refractivity contribution in [3.05, 3.63) is 0 Å². The topological polar surface area (TPSA) is 171 Å². The zero-order chi connectivity index (χ0) is 29.9. The molecule has 1 amide bonds. The van der Waals surface area contributed by atoms with E-state index in [4.69, 9.17) is 37.9 Å². The maximum atomic E-state index is 12.2. The number of esters is 4. The SMILES string of the molecule is CC(=O)N[C@H]1C[C@H]2OC3(CCCCC3)O[C@H]2[C@@H]1O[C@@H]1O[C@H](COC(C)=O)[C@@H](OC(C)=O)[C@H](OC(C)=O)[C@H]1OC(C)=O. The number of amides is 1. The van der Waals surface area contributed by atoms with Gasteiger partial charge in [-0.15, -0.1) is 0 Å². The van der Waals surface area contributed by atoms with Crippen molar-refractivity contribution in [3.8, 4) is 0 Å². The molecule has 14 heteroatoms. The Kier molecular flexibility index (Phi) is 9.88. The Labute approximate surface area is 237 Å². The van der Waals surface area contributed by atoms with Crippen LogP contribution in [0.15, 0.2) is 0 Å². The second-order valence-electron chi connectivity index (χ2n) is 10.9. The van der Waals surface area contributed by atoms with Crippen LogP contribution in [0.2, 0.25) is 0 Å². The average molecular weight is 586 g/mol. The predicted octanol–water partition coefficient (Wildman–Crippen LogP) is 0.808. The van der Waals surface area contributed by atoms with Crippen LogP contribution in [0.1, 0.15) is 73.1 Å². The van der Waals surface area contributed by atoms with Crippen LogP contribution >= 0.6 is 0 Å². The first-order valence-corrected chi connectivity index (χ1v) is 14.0. The molecule has 4 aliphatic rings. The Morgan fingerprint density at radius 2 is 1.37 bits per heavy atom. The fourth-order valence-electron chi connectivity index (χ4n) is 6.12. The first-order chi connectivity index (χ1) is 19.4. The van der Waals surface area contributed by atoms with E-state index in [0.29, 0.717) is 6.42 Å². The van der Waals surface area contributed by atoms with Crippen LogP contribution in [0.3, 0.4) is 0 Å². The standard InChI is InChI=1S/C27H39NO13/c1-13(29)28-18-11-19-23(41-27(40-19)9-7-6-8-10-27)21(18)39-26-25(37-17(5)33)24(36-16(4)32)22(35-15(3)31)20(38-26)12-34-14(2)30/h18-26H,6-12H2,1-5H3,(H,28,29)/t18-,19+,20+,21+,22+,23+,24-,25+,26-/m0/s1. The quantitative estimate of drug-likeness (QED) is 0.314. The van der Waals surface area contributed by atoms with Gasteiger partial charge in [-0.2, -0.15) is 0 Å². The molecule has 0 radical (unpaired) electrons. The lowest BCUT2D eigenvalue weighted by molar-refractivity contribution is -0.324. The molecular weight excluding hydrogens is 546 g/mol. The second kappa shape index (κ2) is 13.0. The molecule has 1 spiro atoms. The maximum absolute atomic E-state index is 12.2. The second-order valence-corrected chi connectivity index (χ2v) is 10.9. The number of carbonyl (C=O) groups is 5. The van der Waals surface area contributed by atoms with Gasteiger partial charge in [-0.1, -0.05) is 6.42 Å². The Hall–Kier alpha value is -2.81. The molecule has 230 valence electrons. The summed E-state index contributed by atoms with van der Waals surface area (Å²) >= 11 is 0. The van der Waals surface area contributed by atoms with Crippen LogP contribution < -0.4 is 5.32 Å². The van der Waals surface area contributed by atoms with Crippen LogP contribution in [-0.4, -0.2) is 97.2 Å². The summed E-state index contributed by atoms with van der Waals surface area (Å²) in [5, 5.41) is 2.88. The number of carbonyl (C=O) groups excluding carboxylic acids is 5. The Balaban J connectivity index is 1.66. The van der Waals surface area contributed by atoms with Gasteiger partial charge in [0.05, 0.1) is 12.1 Å². The first-order valence-electron chi connectivity index (χ1n) is 14.0. The van der Waals surface area contributed by atoms with Crippen molar-refractivity contribution in [1.29, 1.82) is 0 Å². The molecule has 41 heavy (non-hydrogen) atoms. The lowest BCUT2D eigenvalue weighted by Gasteiger charge is -2.45. The highest BCUT2D eigenvalue weighted by atomic mass is 16.8. The molecule has 1 N–H and O–H groups in total. The number of nitrogens with one attached hydrogen (secondary N) is 1. The Morgan fingerprint density at radius 1 is 0.756 bits per heavy atom. The van der Waals surface area contributed by atoms with E-state index < -0.39 is 78.6 Å². The summed E-state index contributed by atoms with van der Waals surface area (Å²) in [7, 11) is 0. The third-order valence-corrected chi connectivity index (χ3v) is 7.53. The Bertz CT molecular complexity index is 1010. The van der Waals surface area contributed by atoms with Gasteiger partial charge in [0.2, 0.25) is 5.91 Å². The van der Waals surface area contributed by atoms with E-state index in [-0.39, 0.29) is 18.6 Å². The van der Waals surface area contributed by atoms with E-state index in [1.807, 2.05) is 0 Å². The third kappa shape index (κ3) is 7.53. The minimum absolute atomic E-state index is 0.294. The summed E-state index contributed by atoms with van der Waals surface area (Å²) < 4.78 is 47.0. The summed E-state index contributed by atoms with van der Waals surface area (Å²) in [5.41, 5.74) is 0. The van der Waals surface area contributed by atoms with Gasteiger partial charge in [0.1, 0.15) is 24.9 Å². The summed E-state index contributed by atoms with van der Waals surface area (Å²) in [6, 6.07) is -0.546. The van der Waals surface area contributed by atoms with Gasteiger partial charge in [-0.3, -0.25) is 24.0 Å². The smallest absolute Gasteiger partial charge is 0.303 e. The van der Waals surface area contributed by atoms with Gasteiger partial charge in [-0.25, -0.2) is 0 Å². The number of fused-ring (bicyclic) bond motifs is 1. The normalized spacial score (nSPS) is 35.7. The average Bonchev–Trinajstić information content (AvgIpc) is 3.34. The largest absolute Gasteiger partial charge is 0.463 e. The zero-order valence-electron chi connectivity index (χ0n) is 24.0. The molecular formula is C27H39NO13. The first kappa shape index (κ1) is 31.1. The van der Waals surface area contributed by atoms with Crippen molar-refractivity contribution >= 4 is 29.8 Å². The van der Waals surface area contributed by atoms with E-state index in [2.05, 4.69) is 5.32 Å². The van der Waals surface area contributed by atoms with E-state index in [1.165, 1.54) is 13.8 Å². The summed E-state index contributed by atoms with van der Waals surface area (Å²) in [6.07, 6.45) is -3.54. The zero-order valence-corrected chi connectivity index (χ0v) is 24.0. The van der Waals surface area contributed by atoms with Crippen molar-refractivity contribution < 1.29 is 61.9 Å². The van der Waals surface area contributed by atoms with Gasteiger partial charge in [-0.05, 0) is 19.3 Å². The van der Waals surface area contributed by atoms with Crippen molar-refractivity contribution in [1.82, 2.24) is 5.32 Å². The molecule has 0 bridgehead atoms. The Morgan fingerprint density at radius 3 is 1.95 bits per heavy atom. The highest BCUT2D eigenvalue weighted by Gasteiger charge is 2.60. The summed E-state index contributed by atoms with van der Waals surface area (Å²) in [6.45, 7) is 5.63. The molecule has 0 aromatic carbocycles. The molecule has 2 saturated carbocycles. The minimum Gasteiger partial charge on any atom is -0.463 e. The van der Waals surface area contributed by atoms with Gasteiger partial charge in [0.25, 0.3) is 0 Å². The highest BCUT2D eigenvalue weighted by molar-refractivity contribution is 5.73. The number of rotatable bonds is 8. The molecule has 0 aromatic heterocycles. The molecule has 0 unspecified atom stereocenters. The van der Waals surface area contributed by atoms with Crippen molar-refractivity contribution in [3.63, 3.8) is 0 Å². The number of ether oxygens (including phenoxy) is 8. The summed E-state index contributed by atoms with van der Waals surface area (Å²) in [5.74, 6) is -3.88. The molecule has 2 aliphatic heterocycles. The van der Waals surface area contributed by atoms with Crippen LogP contribution in [0, 0.1) is 0 Å². The fourth-order valence-corrected chi connectivity index (χ4v) is 6.12. The van der Waals surface area contributed by atoms with E-state index >= 15 is 0 Å². The van der Waals surface area contributed by atoms with Gasteiger partial charge in [0, 0.05) is 47.5 Å². The van der Waals surface area contributed by atoms with Crippen molar-refractivity contribution in [2.45, 2.75) is 134 Å². The molecule has 2 saturated heterocycles. The molecule has 9 atom stereocenters. The van der Waals surface area contributed by atoms with Crippen LogP contribution in [0.4, 0.5) is 0 Å². The fraction of sp³-hybridized carbons (Fsp3) is 0.815. The van der Waals surface area contributed by atoms with Gasteiger partial charge >= 0.3 is 23.9 Å². The maximum Gasteiger partial charge on any atom is 0.303 e. The van der Waals surface area contributed by atoms with E-state index in [1.54, 1.807) is 0 Å². The van der Waals surface area contributed by atoms with Gasteiger partial charge in [0.15, 0.2) is 30.4 Å². The molecule has 4 fully saturated rings. The van der Waals surface area contributed by atoms with Gasteiger partial charge < -0.3 is 43.2 Å². The minimum atomic E-state index is -1.40. The lowest BCUT2D eigenvalue weighted by Crippen LogP contribution is -2.64. The lowest BCUT2D eigenvalue weighted by atomic mass is 9.94. The van der Waals surface area contributed by atoms with Crippen LogP contribution in [0.25, 0.3) is 0 Å². The highest BCUT2D eigenvalue weighted by Crippen LogP contribution is 2.47. The van der Waals surface area contributed by atoms with E-state index in [9.17, 15) is 24.0 Å². The summed E-state index contributed by atoms with van der Waals surface area (Å²) in [4.78, 5) is 60.0. The third-order valence-electron chi connectivity index (χ3n) is 7.53. The number of hydrogen-bond acceptors (Lipinski definition) is 13. The van der Waals surface area contributed by atoms with E-state index in [0.717, 1.165) is 52.9 Å².